The maximum atomic E-state index is 4.18. The molecule has 2 nitrogen and oxygen atoms in total. The molecule has 0 bridgehead atoms. The predicted molar refractivity (Wildman–Crippen MR) is 53.2 cm³/mol. The van der Waals surface area contributed by atoms with Crippen LogP contribution < -0.4 is 5.32 Å². The van der Waals surface area contributed by atoms with Gasteiger partial charge in [-0.05, 0) is 24.5 Å². The second-order valence-electron chi connectivity index (χ2n) is 2.42. The summed E-state index contributed by atoms with van der Waals surface area (Å²) in [6.07, 6.45) is 3.88. The Labute approximate surface area is 77.8 Å². The molecule has 0 fully saturated rings. The van der Waals surface area contributed by atoms with Crippen molar-refractivity contribution in [1.82, 2.24) is 10.3 Å². The Morgan fingerprint density at radius 1 is 1.67 bits per heavy atom. The van der Waals surface area contributed by atoms with E-state index in [9.17, 15) is 0 Å². The van der Waals surface area contributed by atoms with Crippen molar-refractivity contribution in [3.63, 3.8) is 0 Å². The molecule has 0 saturated heterocycles. The summed E-state index contributed by atoms with van der Waals surface area (Å²) < 4.78 is 0. The van der Waals surface area contributed by atoms with Crippen molar-refractivity contribution in [2.45, 2.75) is 6.54 Å². The minimum Gasteiger partial charge on any atom is -0.310 e. The molecule has 1 N–H and O–H groups in total. The fraction of sp³-hybridized carbons (Fsp3) is 0.444. The van der Waals surface area contributed by atoms with E-state index in [0.29, 0.717) is 0 Å². The number of hydrogen-bond acceptors (Lipinski definition) is 3. The summed E-state index contributed by atoms with van der Waals surface area (Å²) in [5, 5.41) is 3.30. The van der Waals surface area contributed by atoms with Crippen LogP contribution in [0.2, 0.25) is 0 Å². The molecule has 0 unspecified atom stereocenters. The zero-order chi connectivity index (χ0) is 8.65. The molecule has 12 heavy (non-hydrogen) atoms. The minimum absolute atomic E-state index is 0.845. The molecule has 0 amide bonds. The van der Waals surface area contributed by atoms with Gasteiger partial charge >= 0.3 is 0 Å². The highest BCUT2D eigenvalue weighted by atomic mass is 32.2. The lowest BCUT2D eigenvalue weighted by Gasteiger charge is -2.01. The number of aromatic nitrogens is 1. The standard InChI is InChI=1S/C9H13N2S/c1-12-7-6-10-8-9-4-2-3-5-11-9/h3-5,10H,6-8H2,1H3. The molecule has 0 spiro atoms. The van der Waals surface area contributed by atoms with Gasteiger partial charge in [0.15, 0.2) is 0 Å². The van der Waals surface area contributed by atoms with Crippen molar-refractivity contribution < 1.29 is 0 Å². The zero-order valence-corrected chi connectivity index (χ0v) is 8.03. The zero-order valence-electron chi connectivity index (χ0n) is 7.21. The quantitative estimate of drug-likeness (QED) is 0.694. The highest BCUT2D eigenvalue weighted by Gasteiger charge is 1.90. The molecule has 1 aromatic heterocycles. The summed E-state index contributed by atoms with van der Waals surface area (Å²) in [6.45, 7) is 1.88. The maximum Gasteiger partial charge on any atom is 0.0547 e. The van der Waals surface area contributed by atoms with Crippen LogP contribution in [0.25, 0.3) is 0 Å². The van der Waals surface area contributed by atoms with Crippen LogP contribution in [0, 0.1) is 6.07 Å². The van der Waals surface area contributed by atoms with E-state index in [1.54, 1.807) is 6.20 Å². The van der Waals surface area contributed by atoms with E-state index in [0.717, 1.165) is 24.5 Å². The number of thioether (sulfide) groups is 1. The summed E-state index contributed by atoms with van der Waals surface area (Å²) in [6, 6.07) is 6.71. The third-order valence-corrected chi connectivity index (χ3v) is 2.06. The highest BCUT2D eigenvalue weighted by molar-refractivity contribution is 7.98. The molecule has 1 heterocycles. The van der Waals surface area contributed by atoms with Crippen molar-refractivity contribution in [3.8, 4) is 0 Å². The van der Waals surface area contributed by atoms with Crippen LogP contribution in [-0.4, -0.2) is 23.5 Å². The Hall–Kier alpha value is -0.540. The molecule has 1 aromatic rings. The molecule has 1 radical (unpaired) electrons. The fourth-order valence-electron chi connectivity index (χ4n) is 0.845. The molecule has 0 aliphatic rings. The smallest absolute Gasteiger partial charge is 0.0547 e. The van der Waals surface area contributed by atoms with Gasteiger partial charge < -0.3 is 5.32 Å². The van der Waals surface area contributed by atoms with E-state index in [4.69, 9.17) is 0 Å². The molecular weight excluding hydrogens is 168 g/mol. The van der Waals surface area contributed by atoms with Crippen LogP contribution in [0.5, 0.6) is 0 Å². The van der Waals surface area contributed by atoms with Crippen LogP contribution in [-0.2, 0) is 6.54 Å². The van der Waals surface area contributed by atoms with Gasteiger partial charge in [0.2, 0.25) is 0 Å². The van der Waals surface area contributed by atoms with Gasteiger partial charge in [0.25, 0.3) is 0 Å². The number of pyridine rings is 1. The predicted octanol–water partition coefficient (Wildman–Crippen LogP) is 1.33. The van der Waals surface area contributed by atoms with Crippen molar-refractivity contribution in [3.05, 3.63) is 30.1 Å². The van der Waals surface area contributed by atoms with E-state index in [1.807, 2.05) is 23.9 Å². The minimum atomic E-state index is 0.845. The number of rotatable bonds is 5. The Kier molecular flexibility index (Phi) is 4.80. The summed E-state index contributed by atoms with van der Waals surface area (Å²) in [4.78, 5) is 4.18. The molecule has 0 atom stereocenters. The maximum absolute atomic E-state index is 4.18. The lowest BCUT2D eigenvalue weighted by Crippen LogP contribution is -2.16. The Bertz CT molecular complexity index is 201. The van der Waals surface area contributed by atoms with Crippen molar-refractivity contribution in [2.24, 2.45) is 0 Å². The van der Waals surface area contributed by atoms with Gasteiger partial charge in [0.05, 0.1) is 5.69 Å². The lowest BCUT2D eigenvalue weighted by molar-refractivity contribution is 0.715. The Morgan fingerprint density at radius 3 is 3.25 bits per heavy atom. The molecule has 0 aromatic carbocycles. The topological polar surface area (TPSA) is 24.9 Å². The van der Waals surface area contributed by atoms with Gasteiger partial charge in [-0.1, -0.05) is 0 Å². The van der Waals surface area contributed by atoms with E-state index in [1.165, 1.54) is 0 Å². The van der Waals surface area contributed by atoms with E-state index >= 15 is 0 Å². The Balaban J connectivity index is 2.16. The SMILES string of the molecule is CSCCNCc1c[c]ccn1. The largest absolute Gasteiger partial charge is 0.310 e. The van der Waals surface area contributed by atoms with Crippen LogP contribution in [0.1, 0.15) is 5.69 Å². The summed E-state index contributed by atoms with van der Waals surface area (Å²) >= 11 is 1.85. The van der Waals surface area contributed by atoms with Gasteiger partial charge in [-0.15, -0.1) is 0 Å². The normalized spacial score (nSPS) is 10.1. The first kappa shape index (κ1) is 9.55. The average molecular weight is 181 g/mol. The summed E-state index contributed by atoms with van der Waals surface area (Å²) in [5.74, 6) is 1.15. The number of nitrogens with zero attached hydrogens (tertiary/aromatic N) is 1. The first-order valence-electron chi connectivity index (χ1n) is 3.94. The van der Waals surface area contributed by atoms with Crippen LogP contribution in [0.15, 0.2) is 18.3 Å². The Morgan fingerprint density at radius 2 is 2.58 bits per heavy atom. The third-order valence-electron chi connectivity index (χ3n) is 1.45. The number of nitrogens with one attached hydrogen (secondary N) is 1. The van der Waals surface area contributed by atoms with Crippen LogP contribution in [0.3, 0.4) is 0 Å². The average Bonchev–Trinajstić information content (AvgIpc) is 2.14. The van der Waals surface area contributed by atoms with Crippen molar-refractivity contribution in [1.29, 1.82) is 0 Å². The van der Waals surface area contributed by atoms with Gasteiger partial charge in [-0.25, -0.2) is 0 Å². The molecule has 0 aliphatic heterocycles. The first-order chi connectivity index (χ1) is 5.93. The van der Waals surface area contributed by atoms with Crippen LogP contribution >= 0.6 is 11.8 Å². The molecule has 0 aliphatic carbocycles. The fourth-order valence-corrected chi connectivity index (χ4v) is 1.19. The molecule has 65 valence electrons. The highest BCUT2D eigenvalue weighted by Crippen LogP contribution is 1.92. The molecule has 3 heteroatoms. The second-order valence-corrected chi connectivity index (χ2v) is 3.40. The van der Waals surface area contributed by atoms with Crippen molar-refractivity contribution >= 4 is 11.8 Å². The molecule has 1 rings (SSSR count). The number of hydrogen-bond donors (Lipinski definition) is 1. The van der Waals surface area contributed by atoms with Gasteiger partial charge in [0.1, 0.15) is 0 Å². The van der Waals surface area contributed by atoms with E-state index in [-0.39, 0.29) is 0 Å². The summed E-state index contributed by atoms with van der Waals surface area (Å²) in [7, 11) is 0. The van der Waals surface area contributed by atoms with E-state index in [2.05, 4.69) is 22.6 Å². The second kappa shape index (κ2) is 6.03. The van der Waals surface area contributed by atoms with Crippen molar-refractivity contribution in [2.75, 3.05) is 18.6 Å². The molecule has 0 saturated carbocycles. The van der Waals surface area contributed by atoms with Gasteiger partial charge in [0, 0.05) is 25.0 Å². The summed E-state index contributed by atoms with van der Waals surface area (Å²) in [5.41, 5.74) is 1.05. The third kappa shape index (κ3) is 3.74. The van der Waals surface area contributed by atoms with E-state index < -0.39 is 0 Å². The lowest BCUT2D eigenvalue weighted by atomic mass is 10.3. The molecular formula is C9H13N2S. The first-order valence-corrected chi connectivity index (χ1v) is 5.33. The van der Waals surface area contributed by atoms with Crippen LogP contribution in [0.4, 0.5) is 0 Å². The van der Waals surface area contributed by atoms with Gasteiger partial charge in [-0.3, -0.25) is 4.98 Å². The van der Waals surface area contributed by atoms with Gasteiger partial charge in [-0.2, -0.15) is 11.8 Å². The monoisotopic (exact) mass is 181 g/mol.